The maximum Gasteiger partial charge on any atom is 0.233 e. The minimum Gasteiger partial charge on any atom is -0.497 e. The Labute approximate surface area is 203 Å². The second-order valence-corrected chi connectivity index (χ2v) is 9.12. The van der Waals surface area contributed by atoms with Crippen molar-refractivity contribution >= 4 is 23.4 Å². The van der Waals surface area contributed by atoms with Crippen LogP contribution in [0.4, 0.5) is 5.69 Å². The molecule has 0 saturated carbocycles. The lowest BCUT2D eigenvalue weighted by molar-refractivity contribution is -0.128. The highest BCUT2D eigenvalue weighted by Crippen LogP contribution is 2.23. The van der Waals surface area contributed by atoms with E-state index in [1.807, 2.05) is 55.1 Å². The fraction of sp³-hybridized carbons (Fsp3) is 0.375. The summed E-state index contributed by atoms with van der Waals surface area (Å²) in [4.78, 5) is 16.9. The van der Waals surface area contributed by atoms with Crippen LogP contribution in [0.1, 0.15) is 17.0 Å². The number of hydrogen-bond acceptors (Lipinski definition) is 8. The number of anilines is 1. The normalized spacial score (nSPS) is 13.7. The van der Waals surface area contributed by atoms with E-state index >= 15 is 0 Å². The summed E-state index contributed by atoms with van der Waals surface area (Å²) in [5.74, 6) is 8.60. The topological polar surface area (TPSA) is 98.7 Å². The van der Waals surface area contributed by atoms with Crippen LogP contribution < -0.4 is 20.2 Å². The van der Waals surface area contributed by atoms with Crippen LogP contribution in [0.3, 0.4) is 0 Å². The first-order valence-corrected chi connectivity index (χ1v) is 12.1. The van der Waals surface area contributed by atoms with Gasteiger partial charge in [0, 0.05) is 31.9 Å². The molecule has 1 amide bonds. The van der Waals surface area contributed by atoms with Crippen molar-refractivity contribution in [1.82, 2.24) is 19.8 Å². The van der Waals surface area contributed by atoms with Crippen LogP contribution in [0.5, 0.6) is 11.5 Å². The van der Waals surface area contributed by atoms with Gasteiger partial charge in [-0.3, -0.25) is 4.79 Å². The molecule has 0 aliphatic carbocycles. The number of nitrogens with two attached hydrogens (primary N) is 1. The van der Waals surface area contributed by atoms with E-state index in [2.05, 4.69) is 21.2 Å². The number of rotatable bonds is 8. The molecular weight excluding hydrogens is 452 g/mol. The Morgan fingerprint density at radius 2 is 1.79 bits per heavy atom. The molecule has 1 aliphatic heterocycles. The summed E-state index contributed by atoms with van der Waals surface area (Å²) in [6, 6.07) is 14.0. The molecule has 34 heavy (non-hydrogen) atoms. The van der Waals surface area contributed by atoms with Gasteiger partial charge in [-0.2, -0.15) is 0 Å². The number of ether oxygens (including phenoxy) is 2. The average Bonchev–Trinajstić information content (AvgIpc) is 3.21. The highest BCUT2D eigenvalue weighted by Gasteiger charge is 2.22. The van der Waals surface area contributed by atoms with Gasteiger partial charge in [-0.05, 0) is 49.7 Å². The van der Waals surface area contributed by atoms with Crippen molar-refractivity contribution in [2.75, 3.05) is 49.8 Å². The molecule has 1 fully saturated rings. The van der Waals surface area contributed by atoms with Gasteiger partial charge in [0.15, 0.2) is 5.82 Å². The monoisotopic (exact) mass is 482 g/mol. The van der Waals surface area contributed by atoms with Gasteiger partial charge in [0.1, 0.15) is 18.1 Å². The molecule has 2 heterocycles. The van der Waals surface area contributed by atoms with E-state index in [1.165, 1.54) is 22.0 Å². The van der Waals surface area contributed by atoms with E-state index in [0.717, 1.165) is 35.8 Å². The highest BCUT2D eigenvalue weighted by atomic mass is 32.2. The minimum atomic E-state index is 0.0652. The van der Waals surface area contributed by atoms with E-state index in [0.29, 0.717) is 24.1 Å². The highest BCUT2D eigenvalue weighted by molar-refractivity contribution is 7.99. The van der Waals surface area contributed by atoms with Crippen molar-refractivity contribution in [2.24, 2.45) is 0 Å². The van der Waals surface area contributed by atoms with Crippen molar-refractivity contribution in [2.45, 2.75) is 25.6 Å². The van der Waals surface area contributed by atoms with Gasteiger partial charge in [-0.1, -0.05) is 29.5 Å². The maximum absolute atomic E-state index is 12.7. The number of nitrogens with zero attached hydrogens (tertiary/aromatic N) is 5. The van der Waals surface area contributed by atoms with E-state index in [9.17, 15) is 4.79 Å². The fourth-order valence-electron chi connectivity index (χ4n) is 3.83. The number of carbonyl (C=O) groups excluding carboxylic acids is 1. The summed E-state index contributed by atoms with van der Waals surface area (Å²) in [6.07, 6.45) is 0. The zero-order valence-corrected chi connectivity index (χ0v) is 20.5. The van der Waals surface area contributed by atoms with Gasteiger partial charge in [0.2, 0.25) is 11.1 Å². The summed E-state index contributed by atoms with van der Waals surface area (Å²) in [7, 11) is 1.66. The van der Waals surface area contributed by atoms with Crippen LogP contribution in [0, 0.1) is 13.8 Å². The third-order valence-electron chi connectivity index (χ3n) is 5.82. The van der Waals surface area contributed by atoms with Crippen molar-refractivity contribution in [1.29, 1.82) is 0 Å². The first kappa shape index (κ1) is 23.7. The van der Waals surface area contributed by atoms with Crippen molar-refractivity contribution < 1.29 is 14.3 Å². The molecule has 1 aliphatic rings. The largest absolute Gasteiger partial charge is 0.497 e. The number of carbonyl (C=O) groups is 1. The predicted octanol–water partition coefficient (Wildman–Crippen LogP) is 2.64. The van der Waals surface area contributed by atoms with Gasteiger partial charge >= 0.3 is 0 Å². The number of benzene rings is 2. The predicted molar refractivity (Wildman–Crippen MR) is 133 cm³/mol. The fourth-order valence-corrected chi connectivity index (χ4v) is 4.61. The second kappa shape index (κ2) is 10.7. The Hall–Kier alpha value is -3.40. The standard InChI is InChI=1S/C24H30N6O3S/c1-17-4-9-21(18(2)14-17)33-15-22-26-27-24(30(22)25)34-16-23(31)29-12-10-28(11-13-29)19-5-7-20(32-3)8-6-19/h4-9,14H,10-13,15-16,25H2,1-3H3. The van der Waals surface area contributed by atoms with Crippen LogP contribution >= 0.6 is 11.8 Å². The molecule has 0 radical (unpaired) electrons. The van der Waals surface area contributed by atoms with Gasteiger partial charge in [0.05, 0.1) is 12.9 Å². The molecule has 0 spiro atoms. The number of aromatic nitrogens is 3. The number of methoxy groups -OCH3 is 1. The summed E-state index contributed by atoms with van der Waals surface area (Å²) in [5, 5.41) is 8.75. The molecule has 9 nitrogen and oxygen atoms in total. The Bertz CT molecular complexity index is 1130. The smallest absolute Gasteiger partial charge is 0.233 e. The molecule has 2 aromatic carbocycles. The number of piperazine rings is 1. The average molecular weight is 483 g/mol. The number of thioether (sulfide) groups is 1. The number of amides is 1. The van der Waals surface area contributed by atoms with Crippen LogP contribution in [0.15, 0.2) is 47.6 Å². The van der Waals surface area contributed by atoms with Crippen molar-refractivity contribution in [3.63, 3.8) is 0 Å². The molecule has 1 aromatic heterocycles. The molecule has 1 saturated heterocycles. The zero-order valence-electron chi connectivity index (χ0n) is 19.7. The van der Waals surface area contributed by atoms with E-state index in [1.54, 1.807) is 7.11 Å². The number of nitrogen functional groups attached to an aromatic ring is 1. The van der Waals surface area contributed by atoms with Gasteiger partial charge in [-0.25, -0.2) is 4.68 Å². The Morgan fingerprint density at radius 1 is 1.06 bits per heavy atom. The van der Waals surface area contributed by atoms with E-state index in [4.69, 9.17) is 15.3 Å². The molecule has 4 rings (SSSR count). The molecule has 3 aromatic rings. The third-order valence-corrected chi connectivity index (χ3v) is 6.74. The van der Waals surface area contributed by atoms with E-state index < -0.39 is 0 Å². The van der Waals surface area contributed by atoms with Gasteiger partial charge in [0.25, 0.3) is 0 Å². The lowest BCUT2D eigenvalue weighted by Crippen LogP contribution is -2.49. The third kappa shape index (κ3) is 5.56. The van der Waals surface area contributed by atoms with E-state index in [-0.39, 0.29) is 18.3 Å². The number of hydrogen-bond donors (Lipinski definition) is 1. The molecule has 0 unspecified atom stereocenters. The first-order chi connectivity index (χ1) is 16.4. The van der Waals surface area contributed by atoms with Gasteiger partial charge < -0.3 is 25.1 Å². The van der Waals surface area contributed by atoms with Crippen LogP contribution in [-0.2, 0) is 11.4 Å². The zero-order chi connectivity index (χ0) is 24.1. The Morgan fingerprint density at radius 3 is 2.47 bits per heavy atom. The molecule has 180 valence electrons. The van der Waals surface area contributed by atoms with Crippen LogP contribution in [0.25, 0.3) is 0 Å². The maximum atomic E-state index is 12.7. The summed E-state index contributed by atoms with van der Waals surface area (Å²) >= 11 is 1.29. The van der Waals surface area contributed by atoms with Crippen molar-refractivity contribution in [3.8, 4) is 11.5 Å². The van der Waals surface area contributed by atoms with Crippen LogP contribution in [0.2, 0.25) is 0 Å². The first-order valence-electron chi connectivity index (χ1n) is 11.1. The molecule has 2 N–H and O–H groups in total. The lowest BCUT2D eigenvalue weighted by atomic mass is 10.1. The minimum absolute atomic E-state index is 0.0652. The van der Waals surface area contributed by atoms with Gasteiger partial charge in [-0.15, -0.1) is 10.2 Å². The Kier molecular flexibility index (Phi) is 7.46. The molecule has 0 bridgehead atoms. The second-order valence-electron chi connectivity index (χ2n) is 8.18. The summed E-state index contributed by atoms with van der Waals surface area (Å²) in [5.41, 5.74) is 3.36. The molecular formula is C24H30N6O3S. The molecule has 10 heteroatoms. The summed E-state index contributed by atoms with van der Waals surface area (Å²) < 4.78 is 12.5. The summed E-state index contributed by atoms with van der Waals surface area (Å²) in [6.45, 7) is 7.17. The molecule has 0 atom stereocenters. The SMILES string of the molecule is COc1ccc(N2CCN(C(=O)CSc3nnc(COc4ccc(C)cc4C)n3N)CC2)cc1. The quantitative estimate of drug-likeness (QED) is 0.387. The Balaban J connectivity index is 1.25. The van der Waals surface area contributed by atoms with Crippen LogP contribution in [-0.4, -0.2) is 64.7 Å². The number of aryl methyl sites for hydroxylation is 2. The van der Waals surface area contributed by atoms with Crippen molar-refractivity contribution in [3.05, 3.63) is 59.4 Å². The lowest BCUT2D eigenvalue weighted by Gasteiger charge is -2.36.